The Bertz CT molecular complexity index is 1080. The highest BCUT2D eigenvalue weighted by atomic mass is 35.5. The maximum absolute atomic E-state index is 13.2. The molecule has 3 rings (SSSR count). The Morgan fingerprint density at radius 3 is 2.50 bits per heavy atom. The van der Waals surface area contributed by atoms with Crippen molar-refractivity contribution in [3.8, 4) is 5.69 Å². The summed E-state index contributed by atoms with van der Waals surface area (Å²) in [4.78, 5) is 27.7. The Morgan fingerprint density at radius 1 is 1.21 bits per heavy atom. The van der Waals surface area contributed by atoms with Crippen LogP contribution in [0, 0.1) is 6.92 Å². The van der Waals surface area contributed by atoms with Crippen LogP contribution in [0.3, 0.4) is 0 Å². The quantitative estimate of drug-likeness (QED) is 0.658. The van der Waals surface area contributed by atoms with Crippen molar-refractivity contribution < 1.29 is 4.79 Å². The molecule has 2 heterocycles. The van der Waals surface area contributed by atoms with Crippen molar-refractivity contribution in [2.24, 2.45) is 0 Å². The van der Waals surface area contributed by atoms with Crippen LogP contribution < -0.4 is 5.56 Å². The van der Waals surface area contributed by atoms with Crippen LogP contribution in [0.2, 0.25) is 5.02 Å². The van der Waals surface area contributed by atoms with Gasteiger partial charge in [0.15, 0.2) is 0 Å². The number of carbonyl (C=O) groups is 1. The summed E-state index contributed by atoms with van der Waals surface area (Å²) >= 11 is 6.09. The van der Waals surface area contributed by atoms with Gasteiger partial charge in [0, 0.05) is 22.5 Å². The molecule has 0 radical (unpaired) electrons. The maximum atomic E-state index is 13.2. The normalized spacial score (nSPS) is 11.6. The SMILES string of the molecule is Cc1nn(CC(=O)N(C(C)C)C(C)C)c(=O)c2c1cnn2-c1cccc(Cl)c1. The van der Waals surface area contributed by atoms with E-state index in [2.05, 4.69) is 10.2 Å². The highest BCUT2D eigenvalue weighted by molar-refractivity contribution is 6.30. The summed E-state index contributed by atoms with van der Waals surface area (Å²) in [6.07, 6.45) is 1.61. The van der Waals surface area contributed by atoms with Gasteiger partial charge in [-0.2, -0.15) is 10.2 Å². The predicted molar refractivity (Wildman–Crippen MR) is 110 cm³/mol. The molecule has 1 amide bonds. The van der Waals surface area contributed by atoms with Gasteiger partial charge in [-0.15, -0.1) is 0 Å². The van der Waals surface area contributed by atoms with E-state index in [0.717, 1.165) is 0 Å². The number of rotatable bonds is 5. The van der Waals surface area contributed by atoms with Crippen LogP contribution in [-0.2, 0) is 11.3 Å². The molecule has 0 fully saturated rings. The van der Waals surface area contributed by atoms with Crippen LogP contribution in [0.25, 0.3) is 16.6 Å². The third-order valence-corrected chi connectivity index (χ3v) is 4.84. The predicted octanol–water partition coefficient (Wildman–Crippen LogP) is 3.19. The molecule has 3 aromatic rings. The van der Waals surface area contributed by atoms with Gasteiger partial charge in [-0.25, -0.2) is 9.36 Å². The van der Waals surface area contributed by atoms with Crippen molar-refractivity contribution in [2.45, 2.75) is 53.2 Å². The van der Waals surface area contributed by atoms with Crippen molar-refractivity contribution in [3.63, 3.8) is 0 Å². The number of aromatic nitrogens is 4. The van der Waals surface area contributed by atoms with Crippen LogP contribution in [0.15, 0.2) is 35.3 Å². The molecule has 148 valence electrons. The first-order valence-corrected chi connectivity index (χ1v) is 9.61. The number of halogens is 1. The van der Waals surface area contributed by atoms with Crippen LogP contribution in [0.4, 0.5) is 0 Å². The lowest BCUT2D eigenvalue weighted by molar-refractivity contribution is -0.135. The molecule has 0 spiro atoms. The first kappa shape index (κ1) is 20.1. The van der Waals surface area contributed by atoms with Gasteiger partial charge in [-0.05, 0) is 52.8 Å². The number of benzene rings is 1. The van der Waals surface area contributed by atoms with Crippen molar-refractivity contribution in [1.82, 2.24) is 24.5 Å². The standard InChI is InChI=1S/C20H24ClN5O2/c1-12(2)25(13(3)4)18(27)11-24-20(28)19-17(14(5)23-24)10-22-26(19)16-8-6-7-15(21)9-16/h6-10,12-13H,11H2,1-5H3. The van der Waals surface area contributed by atoms with Gasteiger partial charge >= 0.3 is 0 Å². The molecule has 2 aromatic heterocycles. The second-order valence-electron chi connectivity index (χ2n) is 7.34. The van der Waals surface area contributed by atoms with Gasteiger partial charge in [-0.1, -0.05) is 17.7 Å². The van der Waals surface area contributed by atoms with Crippen molar-refractivity contribution >= 4 is 28.4 Å². The van der Waals surface area contributed by atoms with Crippen LogP contribution in [-0.4, -0.2) is 42.5 Å². The Kier molecular flexibility index (Phi) is 5.56. The summed E-state index contributed by atoms with van der Waals surface area (Å²) in [6.45, 7) is 9.50. The highest BCUT2D eigenvalue weighted by Crippen LogP contribution is 2.20. The second kappa shape index (κ2) is 7.75. The molecule has 0 aliphatic rings. The molecule has 0 bridgehead atoms. The number of hydrogen-bond donors (Lipinski definition) is 0. The zero-order valence-corrected chi connectivity index (χ0v) is 17.4. The van der Waals surface area contributed by atoms with E-state index < -0.39 is 0 Å². The minimum absolute atomic E-state index is 0.0324. The second-order valence-corrected chi connectivity index (χ2v) is 7.77. The van der Waals surface area contributed by atoms with Gasteiger partial charge in [0.05, 0.1) is 17.6 Å². The fourth-order valence-electron chi connectivity index (χ4n) is 3.51. The number of hydrogen-bond acceptors (Lipinski definition) is 4. The lowest BCUT2D eigenvalue weighted by atomic mass is 10.2. The summed E-state index contributed by atoms with van der Waals surface area (Å²) < 4.78 is 2.77. The number of amides is 1. The monoisotopic (exact) mass is 401 g/mol. The van der Waals surface area contributed by atoms with E-state index in [1.807, 2.05) is 33.8 Å². The molecule has 1 aromatic carbocycles. The molecular formula is C20H24ClN5O2. The third-order valence-electron chi connectivity index (χ3n) is 4.61. The zero-order chi connectivity index (χ0) is 20.6. The molecule has 7 nitrogen and oxygen atoms in total. The van der Waals surface area contributed by atoms with E-state index >= 15 is 0 Å². The van der Waals surface area contributed by atoms with Crippen molar-refractivity contribution in [3.05, 3.63) is 51.5 Å². The van der Waals surface area contributed by atoms with E-state index in [1.165, 1.54) is 4.68 Å². The van der Waals surface area contributed by atoms with E-state index in [4.69, 9.17) is 11.6 Å². The largest absolute Gasteiger partial charge is 0.336 e. The minimum atomic E-state index is -0.362. The first-order valence-electron chi connectivity index (χ1n) is 9.23. The molecule has 0 saturated carbocycles. The van der Waals surface area contributed by atoms with E-state index in [9.17, 15) is 9.59 Å². The Hall–Kier alpha value is -2.67. The molecular weight excluding hydrogens is 378 g/mol. The lowest BCUT2D eigenvalue weighted by Gasteiger charge is -2.30. The zero-order valence-electron chi connectivity index (χ0n) is 16.7. The topological polar surface area (TPSA) is 73.0 Å². The molecule has 0 atom stereocenters. The summed E-state index contributed by atoms with van der Waals surface area (Å²) in [5.41, 5.74) is 1.33. The Balaban J connectivity index is 2.11. The van der Waals surface area contributed by atoms with Gasteiger partial charge in [-0.3, -0.25) is 9.59 Å². The Labute approximate surface area is 168 Å². The van der Waals surface area contributed by atoms with Gasteiger partial charge in [0.25, 0.3) is 5.56 Å². The molecule has 0 unspecified atom stereocenters. The minimum Gasteiger partial charge on any atom is -0.336 e. The number of aryl methyl sites for hydroxylation is 1. The smallest absolute Gasteiger partial charge is 0.293 e. The first-order chi connectivity index (χ1) is 13.2. The lowest BCUT2D eigenvalue weighted by Crippen LogP contribution is -2.45. The average molecular weight is 402 g/mol. The van der Waals surface area contributed by atoms with Crippen LogP contribution in [0.1, 0.15) is 33.4 Å². The fourth-order valence-corrected chi connectivity index (χ4v) is 3.70. The summed E-state index contributed by atoms with van der Waals surface area (Å²) in [5.74, 6) is -0.146. The molecule has 0 N–H and O–H groups in total. The molecule has 28 heavy (non-hydrogen) atoms. The summed E-state index contributed by atoms with van der Waals surface area (Å²) in [7, 11) is 0. The van der Waals surface area contributed by atoms with E-state index in [-0.39, 0.29) is 30.1 Å². The number of carbonyl (C=O) groups excluding carboxylic acids is 1. The molecule has 0 saturated heterocycles. The average Bonchev–Trinajstić information content (AvgIpc) is 3.04. The number of fused-ring (bicyclic) bond motifs is 1. The van der Waals surface area contributed by atoms with Gasteiger partial charge < -0.3 is 4.90 Å². The van der Waals surface area contributed by atoms with Gasteiger partial charge in [0.2, 0.25) is 5.91 Å². The summed E-state index contributed by atoms with van der Waals surface area (Å²) in [6, 6.07) is 7.17. The molecule has 0 aliphatic carbocycles. The number of nitrogens with zero attached hydrogens (tertiary/aromatic N) is 5. The Morgan fingerprint density at radius 2 is 1.89 bits per heavy atom. The van der Waals surface area contributed by atoms with Crippen LogP contribution in [0.5, 0.6) is 0 Å². The van der Waals surface area contributed by atoms with Gasteiger partial charge in [0.1, 0.15) is 12.1 Å². The summed E-state index contributed by atoms with van der Waals surface area (Å²) in [5, 5.41) is 9.89. The third kappa shape index (κ3) is 3.67. The van der Waals surface area contributed by atoms with Crippen molar-refractivity contribution in [1.29, 1.82) is 0 Å². The van der Waals surface area contributed by atoms with E-state index in [0.29, 0.717) is 27.3 Å². The molecule has 0 aliphatic heterocycles. The maximum Gasteiger partial charge on any atom is 0.293 e. The van der Waals surface area contributed by atoms with Crippen LogP contribution >= 0.6 is 11.6 Å². The molecule has 8 heteroatoms. The van der Waals surface area contributed by atoms with E-state index in [1.54, 1.807) is 40.9 Å². The van der Waals surface area contributed by atoms with Crippen molar-refractivity contribution in [2.75, 3.05) is 0 Å². The fraction of sp³-hybridized carbons (Fsp3) is 0.400. The highest BCUT2D eigenvalue weighted by Gasteiger charge is 2.23.